The Kier molecular flexibility index (Phi) is 26.2. The van der Waals surface area contributed by atoms with Crippen molar-refractivity contribution in [3.63, 3.8) is 0 Å². The highest BCUT2D eigenvalue weighted by Gasteiger charge is 2.36. The SMILES string of the molecule is COc1ccc(C(NCCCC[C@H](NC(=O)COCC(=O)NCCOCCOCCOCCOCCOCCN=[N+]=[N-])C(=O)Nc2ccc(CO)cc2)(c2ccccc2)c2ccccc2)cc1. The van der Waals surface area contributed by atoms with Gasteiger partial charge in [-0.1, -0.05) is 90.0 Å². The molecule has 0 aliphatic rings. The minimum absolute atomic E-state index is 0.129. The molecule has 0 aliphatic heterocycles. The van der Waals surface area contributed by atoms with Crippen molar-refractivity contribution < 1.29 is 52.6 Å². The molecular weight excluding hydrogens is 863 g/mol. The molecule has 18 heteroatoms. The molecule has 4 aromatic carbocycles. The molecule has 5 N–H and O–H groups in total. The Labute approximate surface area is 392 Å². The van der Waals surface area contributed by atoms with Crippen molar-refractivity contribution >= 4 is 23.4 Å². The zero-order valence-corrected chi connectivity index (χ0v) is 38.3. The number of ether oxygens (including phenoxy) is 7. The molecule has 3 amide bonds. The fourth-order valence-corrected chi connectivity index (χ4v) is 6.88. The molecule has 1 atom stereocenters. The van der Waals surface area contributed by atoms with Gasteiger partial charge in [-0.2, -0.15) is 0 Å². The predicted molar refractivity (Wildman–Crippen MR) is 252 cm³/mol. The summed E-state index contributed by atoms with van der Waals surface area (Å²) in [4.78, 5) is 41.7. The maximum Gasteiger partial charge on any atom is 0.246 e. The third-order valence-corrected chi connectivity index (χ3v) is 10.2. The molecule has 0 aromatic heterocycles. The van der Waals surface area contributed by atoms with Crippen LogP contribution in [0.15, 0.2) is 114 Å². The first-order valence-electron chi connectivity index (χ1n) is 22.4. The summed E-state index contributed by atoms with van der Waals surface area (Å²) >= 11 is 0. The van der Waals surface area contributed by atoms with E-state index in [4.69, 9.17) is 38.7 Å². The van der Waals surface area contributed by atoms with E-state index < -0.39 is 35.9 Å². The maximum absolute atomic E-state index is 13.6. The lowest BCUT2D eigenvalue weighted by Gasteiger charge is -2.37. The molecule has 67 heavy (non-hydrogen) atoms. The third kappa shape index (κ3) is 20.2. The van der Waals surface area contributed by atoms with Crippen molar-refractivity contribution in [1.82, 2.24) is 16.0 Å². The van der Waals surface area contributed by atoms with E-state index in [0.717, 1.165) is 22.4 Å². The van der Waals surface area contributed by atoms with Gasteiger partial charge in [-0.25, -0.2) is 0 Å². The molecule has 0 fully saturated rings. The number of anilines is 1. The first-order valence-corrected chi connectivity index (χ1v) is 22.4. The van der Waals surface area contributed by atoms with Gasteiger partial charge in [-0.05, 0) is 77.9 Å². The summed E-state index contributed by atoms with van der Waals surface area (Å²) in [6, 6.07) is 34.4. The smallest absolute Gasteiger partial charge is 0.246 e. The van der Waals surface area contributed by atoms with Gasteiger partial charge < -0.3 is 54.2 Å². The zero-order chi connectivity index (χ0) is 47.6. The molecule has 0 heterocycles. The quantitative estimate of drug-likeness (QED) is 0.0135. The number of azide groups is 1. The van der Waals surface area contributed by atoms with Crippen LogP contribution in [0.25, 0.3) is 10.4 Å². The number of carbonyl (C=O) groups is 3. The Morgan fingerprint density at radius 1 is 0.642 bits per heavy atom. The second kappa shape index (κ2) is 32.7. The minimum Gasteiger partial charge on any atom is -0.497 e. The van der Waals surface area contributed by atoms with Crippen LogP contribution < -0.4 is 26.0 Å². The van der Waals surface area contributed by atoms with E-state index in [1.165, 1.54) is 0 Å². The lowest BCUT2D eigenvalue weighted by molar-refractivity contribution is -0.133. The van der Waals surface area contributed by atoms with E-state index in [2.05, 4.69) is 67.7 Å². The Morgan fingerprint density at radius 2 is 1.18 bits per heavy atom. The standard InChI is InChI=1S/C49H65N7O11/c1-61-44-21-17-42(18-22-44)49(40-10-4-2-5-11-40,41-12-6-3-7-13-41)52-23-9-8-14-45(48(60)54-43-19-15-39(36-57)16-20-43)55-47(59)38-67-37-46(58)51-24-26-62-28-30-64-32-34-66-35-33-65-31-29-63-27-25-53-56-50/h2-7,10-13,15-22,45,52,57H,8-9,14,23-38H2,1H3,(H,51,58)(H,54,60)(H,55,59)/t45-/m0/s1. The topological polar surface area (TPSA) is 233 Å². The molecule has 18 nitrogen and oxygen atoms in total. The van der Waals surface area contributed by atoms with E-state index >= 15 is 0 Å². The average molecular weight is 928 g/mol. The summed E-state index contributed by atoms with van der Waals surface area (Å²) in [6.07, 6.45) is 1.58. The van der Waals surface area contributed by atoms with Crippen LogP contribution in [0.3, 0.4) is 0 Å². The van der Waals surface area contributed by atoms with Crippen LogP contribution in [0.5, 0.6) is 5.75 Å². The summed E-state index contributed by atoms with van der Waals surface area (Å²) in [5, 5.41) is 25.0. The fraction of sp³-hybridized carbons (Fsp3) is 0.449. The average Bonchev–Trinajstić information content (AvgIpc) is 3.36. The van der Waals surface area contributed by atoms with Crippen molar-refractivity contribution in [3.8, 4) is 5.75 Å². The van der Waals surface area contributed by atoms with Crippen molar-refractivity contribution in [2.24, 2.45) is 5.11 Å². The van der Waals surface area contributed by atoms with Gasteiger partial charge in [-0.15, -0.1) is 0 Å². The van der Waals surface area contributed by atoms with Crippen LogP contribution in [0.4, 0.5) is 5.69 Å². The molecule has 0 radical (unpaired) electrons. The fourth-order valence-electron chi connectivity index (χ4n) is 6.88. The number of amides is 3. The monoisotopic (exact) mass is 927 g/mol. The van der Waals surface area contributed by atoms with Crippen LogP contribution in [0.1, 0.15) is 41.5 Å². The van der Waals surface area contributed by atoms with Gasteiger partial charge in [0, 0.05) is 23.7 Å². The molecular formula is C49H65N7O11. The van der Waals surface area contributed by atoms with E-state index in [1.807, 2.05) is 48.5 Å². The third-order valence-electron chi connectivity index (χ3n) is 10.2. The Hall–Kier alpha value is -5.92. The Balaban J connectivity index is 1.18. The number of hydrogen-bond acceptors (Lipinski definition) is 13. The number of nitrogens with one attached hydrogen (secondary N) is 4. The number of unbranched alkanes of at least 4 members (excludes halogenated alkanes) is 1. The molecule has 0 spiro atoms. The molecule has 0 saturated carbocycles. The molecule has 362 valence electrons. The number of methoxy groups -OCH3 is 1. The van der Waals surface area contributed by atoms with Crippen LogP contribution in [-0.2, 0) is 55.0 Å². The summed E-state index contributed by atoms with van der Waals surface area (Å²) in [6.45, 7) is 4.00. The number of nitrogens with zero attached hydrogens (tertiary/aromatic N) is 3. The van der Waals surface area contributed by atoms with Gasteiger partial charge in [0.2, 0.25) is 17.7 Å². The number of benzene rings is 4. The summed E-state index contributed by atoms with van der Waals surface area (Å²) in [5.41, 5.74) is 11.9. The summed E-state index contributed by atoms with van der Waals surface area (Å²) in [7, 11) is 1.64. The van der Waals surface area contributed by atoms with Crippen LogP contribution in [-0.4, -0.2) is 135 Å². The van der Waals surface area contributed by atoms with Gasteiger partial charge in [0.15, 0.2) is 0 Å². The van der Waals surface area contributed by atoms with Crippen molar-refractivity contribution in [1.29, 1.82) is 0 Å². The highest BCUT2D eigenvalue weighted by molar-refractivity contribution is 5.97. The zero-order valence-electron chi connectivity index (χ0n) is 38.3. The second-order valence-corrected chi connectivity index (χ2v) is 15.0. The molecule has 0 saturated heterocycles. The van der Waals surface area contributed by atoms with Crippen LogP contribution in [0, 0.1) is 0 Å². The molecule has 0 unspecified atom stereocenters. The maximum atomic E-state index is 13.6. The first-order chi connectivity index (χ1) is 32.9. The minimum atomic E-state index is -0.898. The molecule has 4 aromatic rings. The van der Waals surface area contributed by atoms with Crippen LogP contribution >= 0.6 is 0 Å². The number of aliphatic hydroxyl groups excluding tert-OH is 1. The highest BCUT2D eigenvalue weighted by atomic mass is 16.6. The molecule has 0 aliphatic carbocycles. The normalized spacial score (nSPS) is 11.6. The van der Waals surface area contributed by atoms with Crippen molar-refractivity contribution in [3.05, 3.63) is 142 Å². The number of rotatable bonds is 36. The van der Waals surface area contributed by atoms with E-state index in [-0.39, 0.29) is 26.4 Å². The van der Waals surface area contributed by atoms with E-state index in [9.17, 15) is 19.5 Å². The van der Waals surface area contributed by atoms with Gasteiger partial charge in [0.1, 0.15) is 25.0 Å². The lowest BCUT2D eigenvalue weighted by Crippen LogP contribution is -2.46. The lowest BCUT2D eigenvalue weighted by atomic mass is 9.77. The largest absolute Gasteiger partial charge is 0.497 e. The van der Waals surface area contributed by atoms with E-state index in [1.54, 1.807) is 31.4 Å². The van der Waals surface area contributed by atoms with Crippen molar-refractivity contribution in [2.45, 2.75) is 37.5 Å². The number of aliphatic hydroxyl groups is 1. The van der Waals surface area contributed by atoms with Gasteiger partial charge in [0.25, 0.3) is 0 Å². The highest BCUT2D eigenvalue weighted by Crippen LogP contribution is 2.37. The molecule has 0 bridgehead atoms. The van der Waals surface area contributed by atoms with Gasteiger partial charge >= 0.3 is 0 Å². The second-order valence-electron chi connectivity index (χ2n) is 15.0. The molecule has 4 rings (SSSR count). The predicted octanol–water partition coefficient (Wildman–Crippen LogP) is 4.89. The Morgan fingerprint density at radius 3 is 1.73 bits per heavy atom. The number of hydrogen-bond donors (Lipinski definition) is 5. The van der Waals surface area contributed by atoms with E-state index in [0.29, 0.717) is 103 Å². The van der Waals surface area contributed by atoms with Gasteiger partial charge in [0.05, 0.1) is 85.3 Å². The van der Waals surface area contributed by atoms with Gasteiger partial charge in [-0.3, -0.25) is 19.7 Å². The summed E-state index contributed by atoms with van der Waals surface area (Å²) < 4.78 is 37.9. The Bertz CT molecular complexity index is 1990. The first kappa shape index (κ1) is 53.7. The van der Waals surface area contributed by atoms with Crippen LogP contribution in [0.2, 0.25) is 0 Å². The number of carbonyl (C=O) groups excluding carboxylic acids is 3. The van der Waals surface area contributed by atoms with Crippen molar-refractivity contribution in [2.75, 3.05) is 111 Å². The summed E-state index contributed by atoms with van der Waals surface area (Å²) in [5.74, 6) is -0.617.